The molecule has 9 heteroatoms. The number of carbonyl (C=O) groups is 3. The number of hydrogen-bond donors (Lipinski definition) is 5. The predicted octanol–water partition coefficient (Wildman–Crippen LogP) is 0.0772. The van der Waals surface area contributed by atoms with E-state index in [9.17, 15) is 0 Å². The Bertz CT molecular complexity index is 108. The Hall–Kier alpha value is -2.03. The van der Waals surface area contributed by atoms with E-state index in [1.807, 2.05) is 0 Å². The van der Waals surface area contributed by atoms with Gasteiger partial charge < -0.3 is 25.3 Å². The van der Waals surface area contributed by atoms with E-state index in [0.717, 1.165) is 0 Å². The van der Waals surface area contributed by atoms with Crippen LogP contribution in [0.4, 0.5) is 9.59 Å². The summed E-state index contributed by atoms with van der Waals surface area (Å²) in [5, 5.41) is 34.9. The van der Waals surface area contributed by atoms with Gasteiger partial charge in [0.2, 0.25) is 0 Å². The summed E-state index contributed by atoms with van der Waals surface area (Å²) in [7, 11) is 0. The third-order valence-electron chi connectivity index (χ3n) is 0.0430. The van der Waals surface area contributed by atoms with Crippen LogP contribution >= 0.6 is 0 Å². The van der Waals surface area contributed by atoms with Crippen LogP contribution in [0.15, 0.2) is 0 Å². The summed E-state index contributed by atoms with van der Waals surface area (Å²) in [6.45, 7) is -0.0694. The second-order valence-electron chi connectivity index (χ2n) is 0.767. The van der Waals surface area contributed by atoms with Crippen molar-refractivity contribution in [3.05, 3.63) is 0 Å². The van der Waals surface area contributed by atoms with Gasteiger partial charge in [-0.05, 0) is 0 Å². The molecule has 0 heterocycles. The zero-order valence-electron chi connectivity index (χ0n) is 5.45. The molecule has 9 nitrogen and oxygen atoms in total. The highest BCUT2D eigenvalue weighted by molar-refractivity contribution is 5.53. The predicted molar refractivity (Wildman–Crippen MR) is 31.1 cm³/mol. The molecule has 0 aliphatic heterocycles. The van der Waals surface area contributed by atoms with Crippen LogP contribution in [0.25, 0.3) is 0 Å². The van der Waals surface area contributed by atoms with Gasteiger partial charge in [-0.15, -0.1) is 0 Å². The molecule has 5 N–H and O–H groups in total. The van der Waals surface area contributed by atoms with Gasteiger partial charge >= 0.3 is 18.8 Å². The van der Waals surface area contributed by atoms with Crippen LogP contribution in [-0.4, -0.2) is 44.5 Å². The molecular weight excluding hydrogens is 180 g/mol. The average molecular weight is 186 g/mol. The van der Waals surface area contributed by atoms with E-state index in [-0.39, 0.29) is 6.47 Å². The third-order valence-corrected chi connectivity index (χ3v) is 0.0430. The van der Waals surface area contributed by atoms with Gasteiger partial charge in [0.15, 0.2) is 0 Å². The Kier molecular flexibility index (Phi) is 22.0. The second kappa shape index (κ2) is 16.0. The fourth-order valence-corrected chi connectivity index (χ4v) is 0. The van der Waals surface area contributed by atoms with Crippen molar-refractivity contribution < 1.29 is 45.0 Å². The van der Waals surface area contributed by atoms with Crippen molar-refractivity contribution >= 4 is 18.8 Å². The number of hydrogen-bond acceptors (Lipinski definition) is 5. The lowest BCUT2D eigenvalue weighted by molar-refractivity contribution is -0.217. The van der Waals surface area contributed by atoms with E-state index >= 15 is 0 Å². The molecule has 0 aliphatic rings. The van der Waals surface area contributed by atoms with Crippen LogP contribution in [0, 0.1) is 0 Å². The van der Waals surface area contributed by atoms with Crippen molar-refractivity contribution in [1.29, 1.82) is 0 Å². The largest absolute Gasteiger partial charge is 0.503 e. The summed E-state index contributed by atoms with van der Waals surface area (Å²) in [6.07, 6.45) is -3.67. The third kappa shape index (κ3) is 365. The molecule has 0 saturated heterocycles. The fraction of sp³-hybridized carbons (Fsp3) is 0. The maximum absolute atomic E-state index is 8.70. The second-order valence-corrected chi connectivity index (χ2v) is 0.767. The average Bonchev–Trinajstić information content (AvgIpc) is 1.85. The molecule has 0 spiro atoms. The number of carbonyl (C=O) groups excluding carboxylic acids is 1. The molecule has 0 aromatic heterocycles. The van der Waals surface area contributed by atoms with Crippen LogP contribution in [0.3, 0.4) is 0 Å². The summed E-state index contributed by atoms with van der Waals surface area (Å²) >= 11 is 0. The molecule has 0 aliphatic carbocycles. The minimum atomic E-state index is -1.83. The summed E-state index contributed by atoms with van der Waals surface area (Å²) in [5.41, 5.74) is 0. The lowest BCUT2D eigenvalue weighted by atomic mass is 11.5. The Balaban J connectivity index is -0.000000101. The highest BCUT2D eigenvalue weighted by Crippen LogP contribution is 1.43. The lowest BCUT2D eigenvalue weighted by Crippen LogP contribution is -1.81. The molecule has 0 atom stereocenters. The fourth-order valence-electron chi connectivity index (χ4n) is 0. The topological polar surface area (TPSA) is 162 Å². The van der Waals surface area contributed by atoms with Crippen molar-refractivity contribution in [1.82, 2.24) is 0 Å². The Morgan fingerprint density at radius 1 is 1.00 bits per heavy atom. The number of carboxylic acid groups (broad SMARTS) is 4. The summed E-state index contributed by atoms with van der Waals surface area (Å²) in [4.78, 5) is 28.7. The molecule has 0 amide bonds. The zero-order valence-corrected chi connectivity index (χ0v) is 5.45. The molecule has 0 bridgehead atoms. The SMILES string of the molecule is O=C(O)O.O=C(O)O.O=COO. The molecule has 0 fully saturated rings. The summed E-state index contributed by atoms with van der Waals surface area (Å²) in [5.74, 6) is 0. The molecule has 0 saturated carbocycles. The van der Waals surface area contributed by atoms with Crippen molar-refractivity contribution in [3.8, 4) is 0 Å². The maximum Gasteiger partial charge on any atom is 0.503 e. The Morgan fingerprint density at radius 3 is 1.08 bits per heavy atom. The van der Waals surface area contributed by atoms with Gasteiger partial charge in [-0.25, -0.2) is 14.8 Å². The quantitative estimate of drug-likeness (QED) is 0.216. The molecular formula is C3H6O9. The van der Waals surface area contributed by atoms with Crippen molar-refractivity contribution in [3.63, 3.8) is 0 Å². The van der Waals surface area contributed by atoms with E-state index in [2.05, 4.69) is 4.89 Å². The van der Waals surface area contributed by atoms with Gasteiger partial charge in [-0.3, -0.25) is 4.79 Å². The van der Waals surface area contributed by atoms with Crippen molar-refractivity contribution in [2.75, 3.05) is 0 Å². The highest BCUT2D eigenvalue weighted by atomic mass is 17.1. The first-order valence-electron chi connectivity index (χ1n) is 1.96. The van der Waals surface area contributed by atoms with E-state index in [0.29, 0.717) is 0 Å². The normalized spacial score (nSPS) is 5.75. The first-order chi connectivity index (χ1) is 5.38. The zero-order chi connectivity index (χ0) is 10.6. The van der Waals surface area contributed by atoms with Gasteiger partial charge in [0.1, 0.15) is 0 Å². The van der Waals surface area contributed by atoms with Gasteiger partial charge in [-0.2, -0.15) is 0 Å². The summed E-state index contributed by atoms with van der Waals surface area (Å²) in [6, 6.07) is 0. The van der Waals surface area contributed by atoms with Crippen molar-refractivity contribution in [2.45, 2.75) is 0 Å². The van der Waals surface area contributed by atoms with E-state index in [4.69, 9.17) is 40.1 Å². The molecule has 0 radical (unpaired) electrons. The molecule has 0 unspecified atom stereocenters. The van der Waals surface area contributed by atoms with E-state index < -0.39 is 12.3 Å². The molecule has 12 heavy (non-hydrogen) atoms. The van der Waals surface area contributed by atoms with Gasteiger partial charge in [-0.1, -0.05) is 0 Å². The van der Waals surface area contributed by atoms with Crippen LogP contribution in [-0.2, 0) is 9.68 Å². The van der Waals surface area contributed by atoms with Gasteiger partial charge in [0.05, 0.1) is 0 Å². The van der Waals surface area contributed by atoms with E-state index in [1.165, 1.54) is 0 Å². The minimum absolute atomic E-state index is 0.0694. The van der Waals surface area contributed by atoms with Crippen LogP contribution in [0.1, 0.15) is 0 Å². The first-order valence-corrected chi connectivity index (χ1v) is 1.96. The van der Waals surface area contributed by atoms with Crippen LogP contribution < -0.4 is 0 Å². The van der Waals surface area contributed by atoms with Gasteiger partial charge in [0, 0.05) is 0 Å². The standard InChI is InChI=1S/3CH2O3/c2-1-4-3;2*2-1(3)4/h1,3H;2*(H2,2,3,4). The molecule has 72 valence electrons. The molecule has 0 rings (SSSR count). The molecule has 0 aromatic rings. The smallest absolute Gasteiger partial charge is 0.450 e. The first kappa shape index (κ1) is 16.5. The minimum Gasteiger partial charge on any atom is -0.450 e. The Labute approximate surface area is 65.0 Å². The van der Waals surface area contributed by atoms with Crippen LogP contribution in [0.5, 0.6) is 0 Å². The highest BCUT2D eigenvalue weighted by Gasteiger charge is 1.70. The number of rotatable bonds is 1. The lowest BCUT2D eigenvalue weighted by Gasteiger charge is -1.63. The van der Waals surface area contributed by atoms with E-state index in [1.54, 1.807) is 0 Å². The molecule has 0 aromatic carbocycles. The van der Waals surface area contributed by atoms with Crippen molar-refractivity contribution in [2.24, 2.45) is 0 Å². The van der Waals surface area contributed by atoms with Gasteiger partial charge in [0.25, 0.3) is 0 Å². The Morgan fingerprint density at radius 2 is 1.08 bits per heavy atom. The van der Waals surface area contributed by atoms with Crippen LogP contribution in [0.2, 0.25) is 0 Å². The monoisotopic (exact) mass is 186 g/mol. The summed E-state index contributed by atoms with van der Waals surface area (Å²) < 4.78 is 0. The maximum atomic E-state index is 8.70.